The normalized spacial score (nSPS) is 15.4. The molecule has 3 aromatic rings. The Morgan fingerprint density at radius 2 is 1.80 bits per heavy atom. The van der Waals surface area contributed by atoms with Crippen molar-refractivity contribution in [3.05, 3.63) is 71.0 Å². The highest BCUT2D eigenvalue weighted by Crippen LogP contribution is 2.38. The van der Waals surface area contributed by atoms with Crippen LogP contribution >= 0.6 is 0 Å². The van der Waals surface area contributed by atoms with Gasteiger partial charge in [-0.15, -0.1) is 0 Å². The van der Waals surface area contributed by atoms with Crippen molar-refractivity contribution in [1.29, 1.82) is 0 Å². The van der Waals surface area contributed by atoms with E-state index in [1.807, 2.05) is 11.1 Å². The monoisotopic (exact) mass is 628 g/mol. The number of benzene rings is 2. The summed E-state index contributed by atoms with van der Waals surface area (Å²) in [5.41, 5.74) is 3.35. The van der Waals surface area contributed by atoms with Gasteiger partial charge in [0, 0.05) is 44.9 Å². The number of ketones is 1. The molecule has 1 aromatic heterocycles. The Hall–Kier alpha value is -4.93. The van der Waals surface area contributed by atoms with Crippen LogP contribution in [-0.2, 0) is 23.0 Å². The number of Topliss-reactive ketones (excluding diaryl/α,β-unsaturated/α-hetero) is 1. The van der Waals surface area contributed by atoms with E-state index in [-0.39, 0.29) is 30.1 Å². The second-order valence-corrected chi connectivity index (χ2v) is 11.6. The Morgan fingerprint density at radius 1 is 1.00 bits per heavy atom. The van der Waals surface area contributed by atoms with E-state index < -0.39 is 5.97 Å². The Bertz CT molecular complexity index is 1630. The first kappa shape index (κ1) is 32.5. The summed E-state index contributed by atoms with van der Waals surface area (Å²) in [6, 6.07) is 11.9. The van der Waals surface area contributed by atoms with Crippen molar-refractivity contribution in [3.8, 4) is 11.5 Å². The fraction of sp³-hybridized carbons (Fsp3) is 0.400. The van der Waals surface area contributed by atoms with Crippen molar-refractivity contribution in [2.75, 3.05) is 32.7 Å². The van der Waals surface area contributed by atoms with Crippen molar-refractivity contribution in [1.82, 2.24) is 9.47 Å². The average Bonchev–Trinajstić information content (AvgIpc) is 3.37. The average molecular weight is 629 g/mol. The van der Waals surface area contributed by atoms with E-state index in [1.165, 1.54) is 7.11 Å². The molecule has 1 saturated heterocycles. The van der Waals surface area contributed by atoms with Crippen molar-refractivity contribution < 1.29 is 33.4 Å². The molecular weight excluding hydrogens is 588 g/mol. The maximum absolute atomic E-state index is 13.2. The lowest BCUT2D eigenvalue weighted by Gasteiger charge is -2.32. The molecule has 11 nitrogen and oxygen atoms in total. The van der Waals surface area contributed by atoms with Gasteiger partial charge in [-0.05, 0) is 68.4 Å². The van der Waals surface area contributed by atoms with Crippen LogP contribution in [0.2, 0.25) is 0 Å². The molecule has 1 fully saturated rings. The summed E-state index contributed by atoms with van der Waals surface area (Å²) < 4.78 is 18.0. The first-order chi connectivity index (χ1) is 22.3. The number of fused-ring (bicyclic) bond motifs is 2. The minimum absolute atomic E-state index is 0.0254. The molecule has 2 amide bonds. The molecule has 5 rings (SSSR count). The van der Waals surface area contributed by atoms with Gasteiger partial charge >= 0.3 is 5.97 Å². The number of rotatable bonds is 13. The third-order valence-corrected chi connectivity index (χ3v) is 8.33. The first-order valence-electron chi connectivity index (χ1n) is 15.6. The maximum Gasteiger partial charge on any atom is 0.337 e. The number of methoxy groups -OCH3 is 2. The quantitative estimate of drug-likeness (QED) is 0.150. The van der Waals surface area contributed by atoms with Crippen molar-refractivity contribution >= 4 is 41.2 Å². The lowest BCUT2D eigenvalue weighted by Crippen LogP contribution is -2.43. The zero-order valence-corrected chi connectivity index (χ0v) is 26.5. The number of carbonyl (C=O) groups is 4. The predicted molar refractivity (Wildman–Crippen MR) is 174 cm³/mol. The highest BCUT2D eigenvalue weighted by molar-refractivity contribution is 6.03. The smallest absolute Gasteiger partial charge is 0.337 e. The van der Waals surface area contributed by atoms with Crippen molar-refractivity contribution in [2.24, 2.45) is 12.0 Å². The third kappa shape index (κ3) is 7.64. The van der Waals surface area contributed by atoms with Gasteiger partial charge in [-0.3, -0.25) is 19.4 Å². The van der Waals surface area contributed by atoms with E-state index in [0.717, 1.165) is 44.2 Å². The highest BCUT2D eigenvalue weighted by atomic mass is 16.5. The van der Waals surface area contributed by atoms with Gasteiger partial charge in [-0.25, -0.2) is 4.79 Å². The number of aryl methyl sites for hydroxylation is 1. The fourth-order valence-corrected chi connectivity index (χ4v) is 5.82. The number of esters is 1. The summed E-state index contributed by atoms with van der Waals surface area (Å²) in [7, 11) is 4.64. The van der Waals surface area contributed by atoms with Gasteiger partial charge in [0.1, 0.15) is 0 Å². The van der Waals surface area contributed by atoms with E-state index in [2.05, 4.69) is 10.3 Å². The molecule has 242 valence electrons. The van der Waals surface area contributed by atoms with Crippen LogP contribution in [0.5, 0.6) is 11.5 Å². The molecule has 46 heavy (non-hydrogen) atoms. The Morgan fingerprint density at radius 3 is 2.57 bits per heavy atom. The Labute approximate surface area is 268 Å². The molecule has 0 unspecified atom stereocenters. The van der Waals surface area contributed by atoms with Gasteiger partial charge in [0.15, 0.2) is 17.3 Å². The highest BCUT2D eigenvalue weighted by Gasteiger charge is 2.31. The molecule has 0 spiro atoms. The number of nitrogens with one attached hydrogen (secondary N) is 1. The topological polar surface area (TPSA) is 129 Å². The SMILES string of the molecule is COC(=O)c1ccc(CC(=O)c2cc(NC(=O)CCCCCOc3cc4c(cc3OC)C(=O)N3CCCC[C@H]3C=N4)cn2C)cc1. The van der Waals surface area contributed by atoms with Gasteiger partial charge in [0.05, 0.1) is 55.1 Å². The van der Waals surface area contributed by atoms with Crippen molar-refractivity contribution in [2.45, 2.75) is 57.4 Å². The van der Waals surface area contributed by atoms with E-state index in [0.29, 0.717) is 59.1 Å². The van der Waals surface area contributed by atoms with Crippen LogP contribution in [0, 0.1) is 0 Å². The molecule has 2 aliphatic heterocycles. The maximum atomic E-state index is 13.2. The number of aliphatic imine (C=N–C) groups is 1. The van der Waals surface area contributed by atoms with Crippen LogP contribution in [0.3, 0.4) is 0 Å². The minimum atomic E-state index is -0.430. The lowest BCUT2D eigenvalue weighted by atomic mass is 10.0. The van der Waals surface area contributed by atoms with Gasteiger partial charge in [-0.2, -0.15) is 0 Å². The van der Waals surface area contributed by atoms with E-state index in [1.54, 1.807) is 67.4 Å². The summed E-state index contributed by atoms with van der Waals surface area (Å²) in [5.74, 6) is 0.346. The Kier molecular flexibility index (Phi) is 10.5. The molecule has 11 heteroatoms. The number of amides is 2. The number of ether oxygens (including phenoxy) is 3. The molecule has 2 aromatic carbocycles. The Balaban J connectivity index is 1.06. The number of aromatic nitrogens is 1. The number of hydrogen-bond acceptors (Lipinski definition) is 8. The predicted octanol–water partition coefficient (Wildman–Crippen LogP) is 5.53. The van der Waals surface area contributed by atoms with Crippen LogP contribution in [-0.4, -0.2) is 72.7 Å². The molecular formula is C35H40N4O7. The number of piperidine rings is 1. The number of hydrogen-bond donors (Lipinski definition) is 1. The van der Waals surface area contributed by atoms with E-state index >= 15 is 0 Å². The lowest BCUT2D eigenvalue weighted by molar-refractivity contribution is -0.116. The van der Waals surface area contributed by atoms with Gasteiger partial charge in [0.25, 0.3) is 5.91 Å². The van der Waals surface area contributed by atoms with Crippen LogP contribution in [0.4, 0.5) is 11.4 Å². The third-order valence-electron chi connectivity index (χ3n) is 8.33. The summed E-state index contributed by atoms with van der Waals surface area (Å²) in [4.78, 5) is 56.8. The second kappa shape index (κ2) is 14.9. The molecule has 0 bridgehead atoms. The number of unbranched alkanes of at least 4 members (excludes halogenated alkanes) is 2. The van der Waals surface area contributed by atoms with Crippen LogP contribution in [0.15, 0.2) is 53.7 Å². The zero-order valence-electron chi connectivity index (χ0n) is 26.5. The van der Waals surface area contributed by atoms with E-state index in [4.69, 9.17) is 14.2 Å². The second-order valence-electron chi connectivity index (χ2n) is 11.6. The molecule has 1 N–H and O–H groups in total. The van der Waals surface area contributed by atoms with Gasteiger partial charge in [0.2, 0.25) is 5.91 Å². The number of nitrogens with zero attached hydrogens (tertiary/aromatic N) is 3. The van der Waals surface area contributed by atoms with Crippen LogP contribution < -0.4 is 14.8 Å². The van der Waals surface area contributed by atoms with Gasteiger partial charge < -0.3 is 29.0 Å². The zero-order chi connectivity index (χ0) is 32.6. The summed E-state index contributed by atoms with van der Waals surface area (Å²) in [6.45, 7) is 1.16. The molecule has 3 heterocycles. The van der Waals surface area contributed by atoms with E-state index in [9.17, 15) is 19.2 Å². The summed E-state index contributed by atoms with van der Waals surface area (Å²) >= 11 is 0. The molecule has 0 saturated carbocycles. The largest absolute Gasteiger partial charge is 0.493 e. The number of anilines is 1. The van der Waals surface area contributed by atoms with Gasteiger partial charge in [-0.1, -0.05) is 12.1 Å². The first-order valence-corrected chi connectivity index (χ1v) is 15.6. The standard InChI is InChI=1S/C35H40N4O7/c1-38-22-25(18-29(38)30(40)17-23-11-13-24(14-12-23)35(43)45-3)37-33(41)10-5-4-8-16-46-32-20-28-27(19-31(32)44-2)34(42)39-15-7-6-9-26(39)21-36-28/h11-14,18-22,26H,4-10,15-17H2,1-3H3,(H,37,41)/t26-/m0/s1. The molecule has 0 aliphatic carbocycles. The molecule has 1 atom stereocenters. The minimum Gasteiger partial charge on any atom is -0.493 e. The van der Waals surface area contributed by atoms with Crippen LogP contribution in [0.25, 0.3) is 0 Å². The van der Waals surface area contributed by atoms with Crippen LogP contribution in [0.1, 0.15) is 81.7 Å². The fourth-order valence-electron chi connectivity index (χ4n) is 5.82. The molecule has 0 radical (unpaired) electrons. The summed E-state index contributed by atoms with van der Waals surface area (Å²) in [6.07, 6.45) is 9.27. The summed E-state index contributed by atoms with van der Waals surface area (Å²) in [5, 5.41) is 2.88. The molecule has 2 aliphatic rings. The van der Waals surface area contributed by atoms with Crippen molar-refractivity contribution in [3.63, 3.8) is 0 Å². The number of carbonyl (C=O) groups excluding carboxylic acids is 4.